The van der Waals surface area contributed by atoms with Crippen LogP contribution in [0.25, 0.3) is 66.2 Å². The third kappa shape index (κ3) is 3.45. The molecule has 194 valence electrons. The van der Waals surface area contributed by atoms with Crippen LogP contribution in [0.5, 0.6) is 0 Å². The molecular weight excluding hydrogens is 514 g/mol. The number of para-hydroxylation sites is 2. The first-order valence-electron chi connectivity index (χ1n) is 13.7. The van der Waals surface area contributed by atoms with Crippen molar-refractivity contribution in [2.24, 2.45) is 0 Å². The standard InChI is InChI=1S/C37H21N5/c38-22-24-15-16-36-33(18-24)31-11-4-5-13-34(31)41(36)27-19-26(29-9-2-1-8-25(29)23-39)20-28(21-27)42-35-14-6-3-10-30(35)32-12-7-17-40-37(32)42/h1-21H. The number of nitriles is 2. The molecular formula is C37H21N5. The van der Waals surface area contributed by atoms with Crippen molar-refractivity contribution in [3.63, 3.8) is 0 Å². The van der Waals surface area contributed by atoms with Crippen LogP contribution in [-0.4, -0.2) is 14.1 Å². The molecule has 3 aromatic heterocycles. The van der Waals surface area contributed by atoms with Crippen LogP contribution in [0, 0.1) is 22.7 Å². The van der Waals surface area contributed by atoms with E-state index in [1.54, 1.807) is 0 Å². The molecule has 0 spiro atoms. The number of pyridine rings is 1. The normalized spacial score (nSPS) is 11.3. The predicted molar refractivity (Wildman–Crippen MR) is 168 cm³/mol. The van der Waals surface area contributed by atoms with Gasteiger partial charge in [-0.15, -0.1) is 0 Å². The van der Waals surface area contributed by atoms with Gasteiger partial charge in [0.05, 0.1) is 45.5 Å². The molecule has 0 aliphatic heterocycles. The number of hydrogen-bond acceptors (Lipinski definition) is 3. The monoisotopic (exact) mass is 535 g/mol. The maximum atomic E-state index is 10.0. The Hall–Kier alpha value is -6.17. The summed E-state index contributed by atoms with van der Waals surface area (Å²) >= 11 is 0. The lowest BCUT2D eigenvalue weighted by Crippen LogP contribution is -2.01. The second-order valence-electron chi connectivity index (χ2n) is 10.3. The number of rotatable bonds is 3. The van der Waals surface area contributed by atoms with Gasteiger partial charge in [-0.1, -0.05) is 54.6 Å². The van der Waals surface area contributed by atoms with Crippen molar-refractivity contribution in [3.05, 3.63) is 139 Å². The highest BCUT2D eigenvalue weighted by Crippen LogP contribution is 2.38. The minimum atomic E-state index is 0.613. The quantitative estimate of drug-likeness (QED) is 0.227. The summed E-state index contributed by atoms with van der Waals surface area (Å²) in [4.78, 5) is 4.82. The van der Waals surface area contributed by atoms with Crippen molar-refractivity contribution in [3.8, 4) is 34.6 Å². The Kier molecular flexibility index (Phi) is 5.19. The highest BCUT2D eigenvalue weighted by Gasteiger charge is 2.18. The zero-order valence-electron chi connectivity index (χ0n) is 22.4. The van der Waals surface area contributed by atoms with E-state index < -0.39 is 0 Å². The molecule has 42 heavy (non-hydrogen) atoms. The van der Waals surface area contributed by atoms with Gasteiger partial charge >= 0.3 is 0 Å². The molecule has 5 heteroatoms. The Morgan fingerprint density at radius 2 is 1.17 bits per heavy atom. The van der Waals surface area contributed by atoms with Crippen molar-refractivity contribution < 1.29 is 0 Å². The van der Waals surface area contributed by atoms with Gasteiger partial charge in [0.25, 0.3) is 0 Å². The summed E-state index contributed by atoms with van der Waals surface area (Å²) in [6.45, 7) is 0. The van der Waals surface area contributed by atoms with Crippen LogP contribution in [0.1, 0.15) is 11.1 Å². The first-order chi connectivity index (χ1) is 20.7. The third-order valence-corrected chi connectivity index (χ3v) is 8.01. The Morgan fingerprint density at radius 1 is 0.524 bits per heavy atom. The van der Waals surface area contributed by atoms with Gasteiger partial charge in [0.15, 0.2) is 0 Å². The Balaban J connectivity index is 1.52. The van der Waals surface area contributed by atoms with Crippen LogP contribution in [0.15, 0.2) is 128 Å². The molecule has 5 nitrogen and oxygen atoms in total. The smallest absolute Gasteiger partial charge is 0.145 e. The molecule has 0 radical (unpaired) electrons. The lowest BCUT2D eigenvalue weighted by Gasteiger charge is -2.16. The summed E-state index contributed by atoms with van der Waals surface area (Å²) in [7, 11) is 0. The van der Waals surface area contributed by atoms with Crippen LogP contribution in [0.2, 0.25) is 0 Å². The summed E-state index contributed by atoms with van der Waals surface area (Å²) in [6, 6.07) is 45.4. The van der Waals surface area contributed by atoms with E-state index in [2.05, 4.69) is 75.9 Å². The highest BCUT2D eigenvalue weighted by atomic mass is 15.1. The number of benzene rings is 5. The minimum Gasteiger partial charge on any atom is -0.309 e. The third-order valence-electron chi connectivity index (χ3n) is 8.01. The molecule has 5 aromatic carbocycles. The lowest BCUT2D eigenvalue weighted by molar-refractivity contribution is 1.11. The van der Waals surface area contributed by atoms with E-state index in [1.165, 1.54) is 0 Å². The van der Waals surface area contributed by atoms with Crippen LogP contribution in [-0.2, 0) is 0 Å². The summed E-state index contributed by atoms with van der Waals surface area (Å²) in [6.07, 6.45) is 1.83. The Morgan fingerprint density at radius 3 is 1.95 bits per heavy atom. The van der Waals surface area contributed by atoms with Gasteiger partial charge in [-0.2, -0.15) is 10.5 Å². The molecule has 8 aromatic rings. The van der Waals surface area contributed by atoms with Gasteiger partial charge in [0.1, 0.15) is 5.65 Å². The van der Waals surface area contributed by atoms with Crippen LogP contribution < -0.4 is 0 Å². The zero-order valence-corrected chi connectivity index (χ0v) is 22.4. The molecule has 0 unspecified atom stereocenters. The average Bonchev–Trinajstić information content (AvgIpc) is 3.57. The van der Waals surface area contributed by atoms with Crippen LogP contribution in [0.3, 0.4) is 0 Å². The van der Waals surface area contributed by atoms with Crippen molar-refractivity contribution in [1.29, 1.82) is 10.5 Å². The summed E-state index contributed by atoms with van der Waals surface area (Å²) < 4.78 is 4.45. The molecule has 0 atom stereocenters. The first kappa shape index (κ1) is 23.7. The maximum Gasteiger partial charge on any atom is 0.145 e. The summed E-state index contributed by atoms with van der Waals surface area (Å²) in [5.74, 6) is 0. The van der Waals surface area contributed by atoms with E-state index in [0.717, 1.165) is 66.2 Å². The zero-order chi connectivity index (χ0) is 28.2. The fourth-order valence-corrected chi connectivity index (χ4v) is 6.22. The van der Waals surface area contributed by atoms with Gasteiger partial charge in [-0.25, -0.2) is 4.98 Å². The molecule has 3 heterocycles. The summed E-state index contributed by atoms with van der Waals surface area (Å²) in [5, 5.41) is 23.9. The van der Waals surface area contributed by atoms with Crippen LogP contribution in [0.4, 0.5) is 0 Å². The molecule has 0 N–H and O–H groups in total. The molecule has 0 aliphatic rings. The topological polar surface area (TPSA) is 70.3 Å². The molecule has 0 fully saturated rings. The van der Waals surface area contributed by atoms with Crippen LogP contribution >= 0.6 is 0 Å². The van der Waals surface area contributed by atoms with E-state index in [1.807, 2.05) is 72.9 Å². The number of nitrogens with zero attached hydrogens (tertiary/aromatic N) is 5. The first-order valence-corrected chi connectivity index (χ1v) is 13.7. The molecule has 0 bridgehead atoms. The van der Waals surface area contributed by atoms with Gasteiger partial charge in [-0.3, -0.25) is 4.57 Å². The lowest BCUT2D eigenvalue weighted by atomic mass is 9.99. The second kappa shape index (κ2) is 9.20. The molecule has 8 rings (SSSR count). The van der Waals surface area contributed by atoms with E-state index in [0.29, 0.717) is 11.1 Å². The predicted octanol–water partition coefficient (Wildman–Crippen LogP) is 8.69. The molecule has 0 saturated carbocycles. The minimum absolute atomic E-state index is 0.613. The molecule has 0 amide bonds. The van der Waals surface area contributed by atoms with Crippen molar-refractivity contribution >= 4 is 43.7 Å². The number of hydrogen-bond donors (Lipinski definition) is 0. The SMILES string of the molecule is N#Cc1ccc2c(c1)c1ccccc1n2-c1cc(-c2ccccc2C#N)cc(-n2c3ccccc3c3cccnc32)c1. The van der Waals surface area contributed by atoms with E-state index in [4.69, 9.17) is 4.98 Å². The van der Waals surface area contributed by atoms with Gasteiger partial charge < -0.3 is 4.57 Å². The van der Waals surface area contributed by atoms with E-state index >= 15 is 0 Å². The maximum absolute atomic E-state index is 10.0. The van der Waals surface area contributed by atoms with Gasteiger partial charge in [0, 0.05) is 33.4 Å². The number of aromatic nitrogens is 3. The largest absolute Gasteiger partial charge is 0.309 e. The average molecular weight is 536 g/mol. The molecule has 0 saturated heterocycles. The van der Waals surface area contributed by atoms with E-state index in [-0.39, 0.29) is 0 Å². The Labute approximate surface area is 241 Å². The van der Waals surface area contributed by atoms with Crippen molar-refractivity contribution in [1.82, 2.24) is 14.1 Å². The van der Waals surface area contributed by atoms with Gasteiger partial charge in [0.2, 0.25) is 0 Å². The van der Waals surface area contributed by atoms with Crippen molar-refractivity contribution in [2.45, 2.75) is 0 Å². The highest BCUT2D eigenvalue weighted by molar-refractivity contribution is 6.10. The van der Waals surface area contributed by atoms with Crippen molar-refractivity contribution in [2.75, 3.05) is 0 Å². The number of fused-ring (bicyclic) bond motifs is 6. The van der Waals surface area contributed by atoms with Gasteiger partial charge in [-0.05, 0) is 77.9 Å². The molecule has 0 aliphatic carbocycles. The second-order valence-corrected chi connectivity index (χ2v) is 10.3. The Bertz CT molecular complexity index is 2390. The fraction of sp³-hybridized carbons (Fsp3) is 0. The summed E-state index contributed by atoms with van der Waals surface area (Å²) in [5.41, 5.74) is 8.91. The van der Waals surface area contributed by atoms with E-state index in [9.17, 15) is 10.5 Å². The fourth-order valence-electron chi connectivity index (χ4n) is 6.22.